The molecular weight excluding hydrogens is 361 g/mol. The smallest absolute Gasteiger partial charge is 0.469 e. The van der Waals surface area contributed by atoms with Crippen LogP contribution in [0.25, 0.3) is 0 Å². The van der Waals surface area contributed by atoms with Gasteiger partial charge in [0.15, 0.2) is 0 Å². The number of allylic oxidation sites excluding steroid dienone is 1. The van der Waals surface area contributed by atoms with Crippen molar-refractivity contribution >= 4 is 16.1 Å². The molecule has 9 heteroatoms. The summed E-state index contributed by atoms with van der Waals surface area (Å²) < 4.78 is 68.7. The molecule has 0 N–H and O–H groups in total. The van der Waals surface area contributed by atoms with E-state index in [4.69, 9.17) is 4.74 Å². The first kappa shape index (κ1) is 21.0. The van der Waals surface area contributed by atoms with Crippen molar-refractivity contribution in [1.29, 1.82) is 0 Å². The maximum absolute atomic E-state index is 12.5. The van der Waals surface area contributed by atoms with E-state index in [0.717, 1.165) is 6.07 Å². The van der Waals surface area contributed by atoms with Crippen LogP contribution in [0.3, 0.4) is 0 Å². The number of methoxy groups -OCH3 is 1. The summed E-state index contributed by atoms with van der Waals surface area (Å²) in [4.78, 5) is 11.7. The number of hydrogen-bond donors (Lipinski definition) is 0. The van der Waals surface area contributed by atoms with E-state index >= 15 is 0 Å². The van der Waals surface area contributed by atoms with Crippen LogP contribution in [0.2, 0.25) is 0 Å². The summed E-state index contributed by atoms with van der Waals surface area (Å²) in [6.07, 6.45) is 1.74. The van der Waals surface area contributed by atoms with Gasteiger partial charge < -0.3 is 8.92 Å². The summed E-state index contributed by atoms with van der Waals surface area (Å²) in [5.41, 5.74) is -5.56. The quantitative estimate of drug-likeness (QED) is 0.314. The molecule has 0 aliphatic heterocycles. The number of rotatable bonds is 7. The molecule has 5 nitrogen and oxygen atoms in total. The number of hydrogen-bond acceptors (Lipinski definition) is 5. The van der Waals surface area contributed by atoms with Crippen LogP contribution in [-0.2, 0) is 32.5 Å². The number of ether oxygens (including phenoxy) is 1. The maximum Gasteiger partial charge on any atom is 0.534 e. The first-order chi connectivity index (χ1) is 11.3. The lowest BCUT2D eigenvalue weighted by molar-refractivity contribution is -0.150. The van der Waals surface area contributed by atoms with Gasteiger partial charge in [-0.2, -0.15) is 21.6 Å². The Labute approximate surface area is 144 Å². The molecule has 0 aliphatic carbocycles. The van der Waals surface area contributed by atoms with E-state index in [-0.39, 0.29) is 18.4 Å². The molecule has 0 atom stereocenters. The third-order valence-corrected chi connectivity index (χ3v) is 4.32. The fourth-order valence-corrected chi connectivity index (χ4v) is 2.66. The monoisotopic (exact) mass is 380 g/mol. The Morgan fingerprint density at radius 1 is 1.28 bits per heavy atom. The van der Waals surface area contributed by atoms with Gasteiger partial charge in [-0.1, -0.05) is 18.2 Å². The Hall–Kier alpha value is -2.03. The van der Waals surface area contributed by atoms with E-state index < -0.39 is 32.8 Å². The average molecular weight is 380 g/mol. The molecule has 0 aliphatic rings. The molecule has 1 rings (SSSR count). The van der Waals surface area contributed by atoms with E-state index in [2.05, 4.69) is 10.8 Å². The summed E-state index contributed by atoms with van der Waals surface area (Å²) in [5, 5.41) is 0. The van der Waals surface area contributed by atoms with Gasteiger partial charge in [0.2, 0.25) is 0 Å². The molecule has 0 bridgehead atoms. The van der Waals surface area contributed by atoms with Gasteiger partial charge >= 0.3 is 21.6 Å². The van der Waals surface area contributed by atoms with Gasteiger partial charge in [0, 0.05) is 0 Å². The highest BCUT2D eigenvalue weighted by Crippen LogP contribution is 2.31. The zero-order valence-corrected chi connectivity index (χ0v) is 14.8. The zero-order chi connectivity index (χ0) is 19.5. The van der Waals surface area contributed by atoms with Crippen LogP contribution < -0.4 is 4.18 Å². The molecule has 1 aromatic rings. The van der Waals surface area contributed by atoms with Crippen LogP contribution in [0.1, 0.15) is 25.0 Å². The minimum Gasteiger partial charge on any atom is -0.469 e. The number of benzene rings is 1. The molecule has 0 heterocycles. The highest BCUT2D eigenvalue weighted by Gasteiger charge is 2.48. The molecule has 0 aromatic heterocycles. The van der Waals surface area contributed by atoms with Crippen LogP contribution >= 0.6 is 0 Å². The zero-order valence-electron chi connectivity index (χ0n) is 14.0. The summed E-state index contributed by atoms with van der Waals surface area (Å²) in [6.45, 7) is 6.80. The highest BCUT2D eigenvalue weighted by molar-refractivity contribution is 7.88. The molecule has 0 saturated heterocycles. The molecule has 0 radical (unpaired) electrons. The molecule has 140 valence electrons. The van der Waals surface area contributed by atoms with Crippen molar-refractivity contribution in [1.82, 2.24) is 0 Å². The van der Waals surface area contributed by atoms with Gasteiger partial charge in [-0.05, 0) is 43.9 Å². The Morgan fingerprint density at radius 3 is 2.36 bits per heavy atom. The van der Waals surface area contributed by atoms with Crippen LogP contribution in [0.15, 0.2) is 30.9 Å². The number of carbonyl (C=O) groups excluding carboxylic acids is 1. The number of alkyl halides is 3. The largest absolute Gasteiger partial charge is 0.534 e. The first-order valence-corrected chi connectivity index (χ1v) is 8.57. The van der Waals surface area contributed by atoms with Crippen LogP contribution in [0.5, 0.6) is 5.75 Å². The van der Waals surface area contributed by atoms with E-state index in [1.54, 1.807) is 13.8 Å². The van der Waals surface area contributed by atoms with Crippen LogP contribution in [-0.4, -0.2) is 27.0 Å². The average Bonchev–Trinajstić information content (AvgIpc) is 2.47. The van der Waals surface area contributed by atoms with Crippen molar-refractivity contribution < 1.29 is 35.3 Å². The lowest BCUT2D eigenvalue weighted by Crippen LogP contribution is -2.29. The fraction of sp³-hybridized carbons (Fsp3) is 0.438. The van der Waals surface area contributed by atoms with E-state index in [1.807, 2.05) is 0 Å². The Bertz CT molecular complexity index is 752. The third-order valence-electron chi connectivity index (χ3n) is 3.36. The molecular formula is C16H19F3O5S. The predicted molar refractivity (Wildman–Crippen MR) is 85.4 cm³/mol. The van der Waals surface area contributed by atoms with Gasteiger partial charge in [-0.3, -0.25) is 4.79 Å². The fourth-order valence-electron chi connectivity index (χ4n) is 2.16. The van der Waals surface area contributed by atoms with E-state index in [1.165, 1.54) is 25.3 Å². The normalized spacial score (nSPS) is 12.6. The van der Waals surface area contributed by atoms with Gasteiger partial charge in [-0.15, -0.1) is 6.58 Å². The molecule has 25 heavy (non-hydrogen) atoms. The summed E-state index contributed by atoms with van der Waals surface area (Å²) in [5.74, 6) is -0.880. The molecule has 0 unspecified atom stereocenters. The standard InChI is InChI=1S/C16H19F3O5S/c1-5-6-12-9-11(10-15(2,3)14(20)23-4)7-8-13(12)24-25(21,22)16(17,18)19/h5,7-9H,1,6,10H2,2-4H3. The van der Waals surface area contributed by atoms with Crippen molar-refractivity contribution in [2.75, 3.05) is 7.11 Å². The number of halogens is 3. The molecule has 0 saturated carbocycles. The van der Waals surface area contributed by atoms with Crippen molar-refractivity contribution in [2.45, 2.75) is 32.2 Å². The van der Waals surface area contributed by atoms with Crippen molar-refractivity contribution in [3.63, 3.8) is 0 Å². The van der Waals surface area contributed by atoms with Crippen molar-refractivity contribution in [2.24, 2.45) is 5.41 Å². The van der Waals surface area contributed by atoms with Crippen molar-refractivity contribution in [3.8, 4) is 5.75 Å². The van der Waals surface area contributed by atoms with Gasteiger partial charge in [-0.25, -0.2) is 0 Å². The van der Waals surface area contributed by atoms with Crippen molar-refractivity contribution in [3.05, 3.63) is 42.0 Å². The predicted octanol–water partition coefficient (Wildman–Crippen LogP) is 3.39. The molecule has 0 spiro atoms. The molecule has 0 fully saturated rings. The Kier molecular flexibility index (Phi) is 6.28. The third kappa shape index (κ3) is 5.22. The summed E-state index contributed by atoms with van der Waals surface area (Å²) >= 11 is 0. The van der Waals surface area contributed by atoms with Gasteiger partial charge in [0.05, 0.1) is 12.5 Å². The summed E-state index contributed by atoms with van der Waals surface area (Å²) in [7, 11) is -4.51. The topological polar surface area (TPSA) is 69.7 Å². The lowest BCUT2D eigenvalue weighted by Gasteiger charge is -2.22. The second-order valence-electron chi connectivity index (χ2n) is 5.97. The Morgan fingerprint density at radius 2 is 1.88 bits per heavy atom. The number of esters is 1. The second-order valence-corrected chi connectivity index (χ2v) is 7.51. The number of carbonyl (C=O) groups is 1. The van der Waals surface area contributed by atoms with Gasteiger partial charge in [0.1, 0.15) is 5.75 Å². The molecule has 0 amide bonds. The van der Waals surface area contributed by atoms with Crippen LogP contribution in [0.4, 0.5) is 13.2 Å². The maximum atomic E-state index is 12.5. The lowest BCUT2D eigenvalue weighted by atomic mass is 9.85. The first-order valence-electron chi connectivity index (χ1n) is 7.16. The second kappa shape index (κ2) is 7.47. The molecule has 1 aromatic carbocycles. The summed E-state index contributed by atoms with van der Waals surface area (Å²) in [6, 6.07) is 4.01. The SMILES string of the molecule is C=CCc1cc(CC(C)(C)C(=O)OC)ccc1OS(=O)(=O)C(F)(F)F. The van der Waals surface area contributed by atoms with Gasteiger partial charge in [0.25, 0.3) is 0 Å². The van der Waals surface area contributed by atoms with E-state index in [9.17, 15) is 26.4 Å². The highest BCUT2D eigenvalue weighted by atomic mass is 32.2. The van der Waals surface area contributed by atoms with E-state index in [0.29, 0.717) is 5.56 Å². The minimum atomic E-state index is -5.77. The van der Waals surface area contributed by atoms with Crippen LogP contribution in [0, 0.1) is 5.41 Å². The minimum absolute atomic E-state index is 0.0925. The Balaban J connectivity index is 3.20.